The first-order chi connectivity index (χ1) is 7.63. The smallest absolute Gasteiger partial charge is 0.139 e. The van der Waals surface area contributed by atoms with Gasteiger partial charge in [-0.2, -0.15) is 0 Å². The highest BCUT2D eigenvalue weighted by Crippen LogP contribution is 2.48. The van der Waals surface area contributed by atoms with Crippen LogP contribution in [0.4, 0.5) is 0 Å². The van der Waals surface area contributed by atoms with Gasteiger partial charge in [0.25, 0.3) is 0 Å². The second-order valence-electron chi connectivity index (χ2n) is 5.39. The van der Waals surface area contributed by atoms with E-state index in [1.165, 1.54) is 0 Å². The molecule has 16 heavy (non-hydrogen) atoms. The monoisotopic (exact) mass is 227 g/mol. The quantitative estimate of drug-likeness (QED) is 0.227. The highest BCUT2D eigenvalue weighted by Gasteiger charge is 2.43. The molecule has 2 fully saturated rings. The lowest BCUT2D eigenvalue weighted by atomic mass is 9.82. The molecule has 0 aromatic carbocycles. The molecule has 0 saturated heterocycles. The van der Waals surface area contributed by atoms with Crippen molar-refractivity contribution in [2.45, 2.75) is 38.2 Å². The summed E-state index contributed by atoms with van der Waals surface area (Å²) in [4.78, 5) is 0. The largest absolute Gasteiger partial charge is 0.409 e. The van der Waals surface area contributed by atoms with E-state index in [1.54, 1.807) is 0 Å². The van der Waals surface area contributed by atoms with Gasteiger partial charge in [0.2, 0.25) is 0 Å². The van der Waals surface area contributed by atoms with Crippen LogP contribution in [-0.4, -0.2) is 35.3 Å². The third-order valence-electron chi connectivity index (χ3n) is 3.79. The number of hydrogen-bond acceptors (Lipinski definition) is 4. The van der Waals surface area contributed by atoms with E-state index in [1.807, 2.05) is 0 Å². The molecular formula is C11H21N3O2. The Kier molecular flexibility index (Phi) is 3.35. The Morgan fingerprint density at radius 3 is 2.62 bits per heavy atom. The molecule has 2 aliphatic carbocycles. The summed E-state index contributed by atoms with van der Waals surface area (Å²) < 4.78 is 0. The Balaban J connectivity index is 1.62. The predicted octanol–water partition coefficient (Wildman–Crippen LogP) is 0.264. The molecule has 5 N–H and O–H groups in total. The lowest BCUT2D eigenvalue weighted by molar-refractivity contribution is 0.0426. The van der Waals surface area contributed by atoms with Gasteiger partial charge in [-0.1, -0.05) is 5.16 Å². The van der Waals surface area contributed by atoms with Crippen molar-refractivity contribution in [2.24, 2.45) is 22.2 Å². The van der Waals surface area contributed by atoms with Crippen LogP contribution in [0.1, 0.15) is 32.1 Å². The Bertz CT molecular complexity index is 270. The summed E-state index contributed by atoms with van der Waals surface area (Å²) in [6.07, 6.45) is 4.79. The average Bonchev–Trinajstić information content (AvgIpc) is 2.95. The second-order valence-corrected chi connectivity index (χ2v) is 5.39. The van der Waals surface area contributed by atoms with E-state index in [0.29, 0.717) is 18.2 Å². The summed E-state index contributed by atoms with van der Waals surface area (Å²) in [5.74, 6) is 0.966. The summed E-state index contributed by atoms with van der Waals surface area (Å²) in [5, 5.41) is 24.1. The van der Waals surface area contributed by atoms with E-state index >= 15 is 0 Å². The molecule has 0 unspecified atom stereocenters. The van der Waals surface area contributed by atoms with Crippen LogP contribution < -0.4 is 11.1 Å². The number of hydrogen-bond donors (Lipinski definition) is 4. The maximum absolute atomic E-state index is 9.15. The van der Waals surface area contributed by atoms with E-state index in [0.717, 1.165) is 38.8 Å². The lowest BCUT2D eigenvalue weighted by Gasteiger charge is -2.32. The number of oxime groups is 1. The molecule has 2 rings (SSSR count). The molecule has 2 aliphatic rings. The van der Waals surface area contributed by atoms with Gasteiger partial charge in [-0.15, -0.1) is 0 Å². The van der Waals surface area contributed by atoms with Gasteiger partial charge in [-0.3, -0.25) is 0 Å². The Morgan fingerprint density at radius 1 is 1.44 bits per heavy atom. The van der Waals surface area contributed by atoms with Crippen LogP contribution in [0.5, 0.6) is 0 Å². The standard InChI is InChI=1S/C11H21N3O2/c12-10(14-16)5-11(1-2-11)7-13-6-8-3-9(15)4-8/h8-9,13,15-16H,1-7H2,(H2,12,14). The van der Waals surface area contributed by atoms with Crippen LogP contribution in [0, 0.1) is 11.3 Å². The molecule has 0 bridgehead atoms. The molecule has 92 valence electrons. The molecule has 5 nitrogen and oxygen atoms in total. The molecule has 0 amide bonds. The molecule has 0 spiro atoms. The number of nitrogens with two attached hydrogens (primary N) is 1. The SMILES string of the molecule is NC(CC1(CNCC2CC(O)C2)CC1)=NO. The van der Waals surface area contributed by atoms with Crippen LogP contribution in [0.3, 0.4) is 0 Å². The first-order valence-corrected chi connectivity index (χ1v) is 5.99. The predicted molar refractivity (Wildman–Crippen MR) is 61.3 cm³/mol. The zero-order valence-electron chi connectivity index (χ0n) is 9.52. The normalized spacial score (nSPS) is 32.2. The highest BCUT2D eigenvalue weighted by atomic mass is 16.4. The van der Waals surface area contributed by atoms with Crippen molar-refractivity contribution in [1.82, 2.24) is 5.32 Å². The minimum atomic E-state index is -0.0705. The number of rotatable bonds is 6. The maximum atomic E-state index is 9.15. The highest BCUT2D eigenvalue weighted by molar-refractivity contribution is 5.80. The Labute approximate surface area is 95.7 Å². The van der Waals surface area contributed by atoms with E-state index < -0.39 is 0 Å². The molecule has 0 atom stereocenters. The fourth-order valence-corrected chi connectivity index (χ4v) is 2.42. The van der Waals surface area contributed by atoms with E-state index in [-0.39, 0.29) is 11.5 Å². The van der Waals surface area contributed by atoms with E-state index in [9.17, 15) is 0 Å². The van der Waals surface area contributed by atoms with Crippen LogP contribution in [0.25, 0.3) is 0 Å². The van der Waals surface area contributed by atoms with E-state index in [4.69, 9.17) is 16.0 Å². The molecular weight excluding hydrogens is 206 g/mol. The van der Waals surface area contributed by atoms with Crippen molar-refractivity contribution < 1.29 is 10.3 Å². The topological polar surface area (TPSA) is 90.9 Å². The van der Waals surface area contributed by atoms with Crippen molar-refractivity contribution in [2.75, 3.05) is 13.1 Å². The number of aliphatic hydroxyl groups excluding tert-OH is 1. The third kappa shape index (κ3) is 2.86. The molecule has 2 saturated carbocycles. The van der Waals surface area contributed by atoms with Gasteiger partial charge in [-0.25, -0.2) is 0 Å². The summed E-state index contributed by atoms with van der Waals surface area (Å²) in [5.41, 5.74) is 5.76. The molecule has 0 aromatic heterocycles. The summed E-state index contributed by atoms with van der Waals surface area (Å²) in [6.45, 7) is 1.92. The van der Waals surface area contributed by atoms with Crippen LogP contribution in [0.15, 0.2) is 5.16 Å². The van der Waals surface area contributed by atoms with Gasteiger partial charge in [0.1, 0.15) is 5.84 Å². The van der Waals surface area contributed by atoms with Gasteiger partial charge in [0.15, 0.2) is 0 Å². The Hall–Kier alpha value is -0.810. The van der Waals surface area contributed by atoms with Gasteiger partial charge in [0, 0.05) is 13.0 Å². The van der Waals surface area contributed by atoms with Gasteiger partial charge >= 0.3 is 0 Å². The van der Waals surface area contributed by atoms with Crippen molar-refractivity contribution >= 4 is 5.84 Å². The molecule has 0 heterocycles. The minimum Gasteiger partial charge on any atom is -0.409 e. The van der Waals surface area contributed by atoms with Gasteiger partial charge in [-0.05, 0) is 43.6 Å². The summed E-state index contributed by atoms with van der Waals surface area (Å²) in [7, 11) is 0. The maximum Gasteiger partial charge on any atom is 0.139 e. The molecule has 0 aromatic rings. The first kappa shape index (κ1) is 11.7. The fourth-order valence-electron chi connectivity index (χ4n) is 2.42. The van der Waals surface area contributed by atoms with Gasteiger partial charge in [0.05, 0.1) is 6.10 Å². The molecule has 0 aliphatic heterocycles. The zero-order chi connectivity index (χ0) is 11.6. The Morgan fingerprint density at radius 2 is 2.12 bits per heavy atom. The molecule has 0 radical (unpaired) electrons. The minimum absolute atomic E-state index is 0.0705. The third-order valence-corrected chi connectivity index (χ3v) is 3.79. The molecule has 5 heteroatoms. The van der Waals surface area contributed by atoms with Crippen LogP contribution >= 0.6 is 0 Å². The lowest BCUT2D eigenvalue weighted by Crippen LogP contribution is -2.38. The number of aliphatic hydroxyl groups is 1. The van der Waals surface area contributed by atoms with Crippen molar-refractivity contribution in [3.63, 3.8) is 0 Å². The van der Waals surface area contributed by atoms with E-state index in [2.05, 4.69) is 10.5 Å². The number of amidine groups is 1. The first-order valence-electron chi connectivity index (χ1n) is 5.99. The van der Waals surface area contributed by atoms with Crippen molar-refractivity contribution in [1.29, 1.82) is 0 Å². The number of nitrogens with one attached hydrogen (secondary N) is 1. The zero-order valence-corrected chi connectivity index (χ0v) is 9.52. The van der Waals surface area contributed by atoms with Crippen molar-refractivity contribution in [3.8, 4) is 0 Å². The van der Waals surface area contributed by atoms with Crippen LogP contribution in [0.2, 0.25) is 0 Å². The van der Waals surface area contributed by atoms with Crippen LogP contribution in [-0.2, 0) is 0 Å². The second kappa shape index (κ2) is 4.59. The summed E-state index contributed by atoms with van der Waals surface area (Å²) in [6, 6.07) is 0. The fraction of sp³-hybridized carbons (Fsp3) is 0.909. The van der Waals surface area contributed by atoms with Crippen molar-refractivity contribution in [3.05, 3.63) is 0 Å². The average molecular weight is 227 g/mol. The summed E-state index contributed by atoms with van der Waals surface area (Å²) >= 11 is 0. The number of nitrogens with zero attached hydrogens (tertiary/aromatic N) is 1. The van der Waals surface area contributed by atoms with Gasteiger partial charge < -0.3 is 21.4 Å².